The fourth-order valence-electron chi connectivity index (χ4n) is 1.77. The second kappa shape index (κ2) is 6.12. The lowest BCUT2D eigenvalue weighted by atomic mass is 10.1. The maximum atomic E-state index is 11.6. The highest BCUT2D eigenvalue weighted by Gasteiger charge is 2.27. The monoisotopic (exact) mass is 341 g/mol. The number of nitrogens with zero attached hydrogens (tertiary/aromatic N) is 1. The summed E-state index contributed by atoms with van der Waals surface area (Å²) in [4.78, 5) is 35.8. The van der Waals surface area contributed by atoms with Gasteiger partial charge in [0.2, 0.25) is 0 Å². The maximum absolute atomic E-state index is 11.6. The Labute approximate surface area is 123 Å². The SMILES string of the molecule is NNC(=O)c1ccc(CN2C(=O)COCC2=O)c(Br)c1. The first-order valence-corrected chi connectivity index (χ1v) is 6.52. The van der Waals surface area contributed by atoms with Crippen LogP contribution in [0.25, 0.3) is 0 Å². The quantitative estimate of drug-likeness (QED) is 0.347. The number of rotatable bonds is 3. The maximum Gasteiger partial charge on any atom is 0.265 e. The van der Waals surface area contributed by atoms with Gasteiger partial charge in [-0.25, -0.2) is 5.84 Å². The van der Waals surface area contributed by atoms with Gasteiger partial charge in [-0.15, -0.1) is 0 Å². The largest absolute Gasteiger partial charge is 0.362 e. The number of ether oxygens (including phenoxy) is 1. The van der Waals surface area contributed by atoms with E-state index in [2.05, 4.69) is 15.9 Å². The van der Waals surface area contributed by atoms with E-state index in [4.69, 9.17) is 10.6 Å². The minimum atomic E-state index is -0.421. The summed E-state index contributed by atoms with van der Waals surface area (Å²) in [7, 11) is 0. The number of amides is 3. The topological polar surface area (TPSA) is 102 Å². The second-order valence-electron chi connectivity index (χ2n) is 4.15. The zero-order valence-electron chi connectivity index (χ0n) is 10.4. The van der Waals surface area contributed by atoms with Gasteiger partial charge in [-0.05, 0) is 17.7 Å². The summed E-state index contributed by atoms with van der Waals surface area (Å²) in [5, 5.41) is 0. The number of imide groups is 1. The van der Waals surface area contributed by atoms with Crippen LogP contribution in [-0.2, 0) is 20.9 Å². The number of carbonyl (C=O) groups is 3. The first kappa shape index (κ1) is 14.6. The van der Waals surface area contributed by atoms with Crippen molar-refractivity contribution in [3.8, 4) is 0 Å². The molecule has 0 aromatic heterocycles. The van der Waals surface area contributed by atoms with Crippen molar-refractivity contribution in [3.05, 3.63) is 33.8 Å². The van der Waals surface area contributed by atoms with Gasteiger partial charge in [0, 0.05) is 10.0 Å². The Morgan fingerprint density at radius 1 is 1.35 bits per heavy atom. The highest BCUT2D eigenvalue weighted by atomic mass is 79.9. The summed E-state index contributed by atoms with van der Waals surface area (Å²) in [6.45, 7) is -0.0693. The fraction of sp³-hybridized carbons (Fsp3) is 0.250. The smallest absolute Gasteiger partial charge is 0.265 e. The van der Waals surface area contributed by atoms with Gasteiger partial charge in [-0.2, -0.15) is 0 Å². The molecule has 8 heteroatoms. The van der Waals surface area contributed by atoms with Gasteiger partial charge in [0.05, 0.1) is 6.54 Å². The molecule has 1 aliphatic heterocycles. The first-order chi connectivity index (χ1) is 9.52. The molecule has 1 aromatic carbocycles. The third kappa shape index (κ3) is 3.03. The summed E-state index contributed by atoms with van der Waals surface area (Å²) in [6.07, 6.45) is 0. The van der Waals surface area contributed by atoms with Crippen LogP contribution in [0, 0.1) is 0 Å². The molecule has 1 heterocycles. The molecule has 0 aliphatic carbocycles. The van der Waals surface area contributed by atoms with Crippen molar-refractivity contribution in [1.82, 2.24) is 10.3 Å². The van der Waals surface area contributed by atoms with Crippen LogP contribution in [0.5, 0.6) is 0 Å². The number of hydrogen-bond acceptors (Lipinski definition) is 5. The molecule has 1 aliphatic rings. The number of halogens is 1. The molecule has 0 unspecified atom stereocenters. The number of carbonyl (C=O) groups excluding carboxylic acids is 3. The molecule has 20 heavy (non-hydrogen) atoms. The Bertz CT molecular complexity index is 560. The van der Waals surface area contributed by atoms with Gasteiger partial charge in [0.15, 0.2) is 0 Å². The minimum absolute atomic E-state index is 0.100. The van der Waals surface area contributed by atoms with Crippen molar-refractivity contribution in [2.24, 2.45) is 5.84 Å². The zero-order valence-corrected chi connectivity index (χ0v) is 12.0. The van der Waals surface area contributed by atoms with E-state index in [9.17, 15) is 14.4 Å². The lowest BCUT2D eigenvalue weighted by Crippen LogP contribution is -2.45. The molecule has 2 rings (SSSR count). The Hall–Kier alpha value is -1.77. The summed E-state index contributed by atoms with van der Waals surface area (Å²) in [6, 6.07) is 4.80. The average Bonchev–Trinajstić information content (AvgIpc) is 2.43. The van der Waals surface area contributed by atoms with E-state index in [0.717, 1.165) is 4.90 Å². The average molecular weight is 342 g/mol. The molecule has 7 nitrogen and oxygen atoms in total. The summed E-state index contributed by atoms with van der Waals surface area (Å²) in [5.74, 6) is 3.88. The molecule has 3 amide bonds. The molecule has 1 aromatic rings. The number of nitrogens with one attached hydrogen (secondary N) is 1. The van der Waals surface area contributed by atoms with E-state index in [1.165, 1.54) is 0 Å². The number of benzene rings is 1. The van der Waals surface area contributed by atoms with E-state index >= 15 is 0 Å². The number of nitrogens with two attached hydrogens (primary N) is 1. The summed E-state index contributed by atoms with van der Waals surface area (Å²) >= 11 is 3.31. The van der Waals surface area contributed by atoms with Gasteiger partial charge in [-0.3, -0.25) is 24.7 Å². The Balaban J connectivity index is 2.19. The predicted molar refractivity (Wildman–Crippen MR) is 72.2 cm³/mol. The molecule has 106 valence electrons. The van der Waals surface area contributed by atoms with E-state index in [1.807, 2.05) is 5.43 Å². The number of hydrogen-bond donors (Lipinski definition) is 2. The number of hydrazine groups is 1. The molecule has 0 saturated carbocycles. The molecule has 1 saturated heterocycles. The second-order valence-corrected chi connectivity index (χ2v) is 5.00. The normalized spacial score (nSPS) is 15.4. The molecule has 1 fully saturated rings. The van der Waals surface area contributed by atoms with E-state index in [0.29, 0.717) is 15.6 Å². The van der Waals surface area contributed by atoms with Crippen molar-refractivity contribution in [1.29, 1.82) is 0 Å². The highest BCUT2D eigenvalue weighted by Crippen LogP contribution is 2.21. The van der Waals surface area contributed by atoms with Crippen molar-refractivity contribution in [3.63, 3.8) is 0 Å². The molecule has 0 radical (unpaired) electrons. The van der Waals surface area contributed by atoms with Gasteiger partial charge in [0.1, 0.15) is 13.2 Å². The molecule has 0 spiro atoms. The van der Waals surface area contributed by atoms with Crippen LogP contribution in [0.3, 0.4) is 0 Å². The van der Waals surface area contributed by atoms with Gasteiger partial charge < -0.3 is 4.74 Å². The minimum Gasteiger partial charge on any atom is -0.362 e. The van der Waals surface area contributed by atoms with Gasteiger partial charge >= 0.3 is 0 Å². The van der Waals surface area contributed by atoms with Crippen molar-refractivity contribution in [2.75, 3.05) is 13.2 Å². The first-order valence-electron chi connectivity index (χ1n) is 5.73. The van der Waals surface area contributed by atoms with Crippen LogP contribution in [0.4, 0.5) is 0 Å². The van der Waals surface area contributed by atoms with Crippen LogP contribution in [0.2, 0.25) is 0 Å². The molecular weight excluding hydrogens is 330 g/mol. The van der Waals surface area contributed by atoms with Crippen molar-refractivity contribution in [2.45, 2.75) is 6.54 Å². The van der Waals surface area contributed by atoms with Gasteiger partial charge in [0.25, 0.3) is 17.7 Å². The van der Waals surface area contributed by atoms with Crippen LogP contribution >= 0.6 is 15.9 Å². The molecule has 3 N–H and O–H groups in total. The third-order valence-electron chi connectivity index (χ3n) is 2.83. The molecule has 0 atom stereocenters. The zero-order chi connectivity index (χ0) is 14.7. The van der Waals surface area contributed by atoms with Gasteiger partial charge in [-0.1, -0.05) is 22.0 Å². The van der Waals surface area contributed by atoms with Crippen LogP contribution in [-0.4, -0.2) is 35.8 Å². The standard InChI is InChI=1S/C12H12BrN3O4/c13-9-3-7(12(19)15-14)1-2-8(9)4-16-10(17)5-20-6-11(16)18/h1-3H,4-6,14H2,(H,15,19). The number of morpholine rings is 1. The third-order valence-corrected chi connectivity index (χ3v) is 3.57. The fourth-order valence-corrected chi connectivity index (χ4v) is 2.27. The Morgan fingerprint density at radius 2 is 2.00 bits per heavy atom. The van der Waals surface area contributed by atoms with Crippen LogP contribution < -0.4 is 11.3 Å². The highest BCUT2D eigenvalue weighted by molar-refractivity contribution is 9.10. The Kier molecular flexibility index (Phi) is 4.48. The molecular formula is C12H12BrN3O4. The van der Waals surface area contributed by atoms with Crippen LogP contribution in [0.1, 0.15) is 15.9 Å². The summed E-state index contributed by atoms with van der Waals surface area (Å²) in [5.41, 5.74) is 3.12. The lowest BCUT2D eigenvalue weighted by Gasteiger charge is -2.25. The Morgan fingerprint density at radius 3 is 2.55 bits per heavy atom. The van der Waals surface area contributed by atoms with Crippen molar-refractivity contribution >= 4 is 33.7 Å². The molecule has 0 bridgehead atoms. The predicted octanol–water partition coefficient (Wildman–Crippen LogP) is -0.0620. The van der Waals surface area contributed by atoms with Crippen molar-refractivity contribution < 1.29 is 19.1 Å². The van der Waals surface area contributed by atoms with Crippen LogP contribution in [0.15, 0.2) is 22.7 Å². The lowest BCUT2D eigenvalue weighted by molar-refractivity contribution is -0.159. The van der Waals surface area contributed by atoms with E-state index < -0.39 is 5.91 Å². The van der Waals surface area contributed by atoms with E-state index in [-0.39, 0.29) is 31.6 Å². The summed E-state index contributed by atoms with van der Waals surface area (Å²) < 4.78 is 5.45. The number of nitrogen functional groups attached to an aromatic ring is 1. The van der Waals surface area contributed by atoms with E-state index in [1.54, 1.807) is 18.2 Å².